The van der Waals surface area contributed by atoms with Crippen molar-refractivity contribution < 1.29 is 0 Å². The highest BCUT2D eigenvalue weighted by Crippen LogP contribution is 2.37. The first-order valence-electron chi connectivity index (χ1n) is 8.25. The lowest BCUT2D eigenvalue weighted by Crippen LogP contribution is -2.34. The summed E-state index contributed by atoms with van der Waals surface area (Å²) in [5.41, 5.74) is 0. The van der Waals surface area contributed by atoms with E-state index in [0.29, 0.717) is 6.04 Å². The summed E-state index contributed by atoms with van der Waals surface area (Å²) in [6.07, 6.45) is 6.49. The number of nitrogens with zero attached hydrogens (tertiary/aromatic N) is 1. The molecule has 2 heterocycles. The van der Waals surface area contributed by atoms with Crippen LogP contribution in [0.5, 0.6) is 0 Å². The van der Waals surface area contributed by atoms with Crippen molar-refractivity contribution in [2.45, 2.75) is 52.0 Å². The van der Waals surface area contributed by atoms with E-state index in [1.54, 1.807) is 4.88 Å². The summed E-state index contributed by atoms with van der Waals surface area (Å²) in [6, 6.07) is 5.32. The number of nitrogens with one attached hydrogen (secondary N) is 1. The summed E-state index contributed by atoms with van der Waals surface area (Å²) >= 11 is 2.03. The Bertz CT molecular complexity index is 388. The average molecular weight is 295 g/mol. The lowest BCUT2D eigenvalue weighted by atomic mass is 9.93. The molecular formula is C17H30N2S. The summed E-state index contributed by atoms with van der Waals surface area (Å²) in [4.78, 5) is 5.70. The Labute approximate surface area is 128 Å². The van der Waals surface area contributed by atoms with Crippen molar-refractivity contribution in [2.75, 3.05) is 26.7 Å². The number of hydrogen-bond donors (Lipinski definition) is 1. The summed E-state index contributed by atoms with van der Waals surface area (Å²) in [5, 5.41) is 3.65. The summed E-state index contributed by atoms with van der Waals surface area (Å²) < 4.78 is 0. The van der Waals surface area contributed by atoms with Gasteiger partial charge in [0.05, 0.1) is 0 Å². The van der Waals surface area contributed by atoms with Crippen molar-refractivity contribution >= 4 is 11.3 Å². The molecule has 0 radical (unpaired) electrons. The van der Waals surface area contributed by atoms with E-state index >= 15 is 0 Å². The van der Waals surface area contributed by atoms with Gasteiger partial charge in [0.25, 0.3) is 0 Å². The third kappa shape index (κ3) is 4.06. The molecule has 1 aliphatic rings. The molecule has 20 heavy (non-hydrogen) atoms. The molecule has 2 atom stereocenters. The normalized spacial score (nSPS) is 24.8. The predicted molar refractivity (Wildman–Crippen MR) is 89.6 cm³/mol. The van der Waals surface area contributed by atoms with Crippen LogP contribution in [-0.2, 0) is 6.42 Å². The molecule has 1 aromatic rings. The Kier molecular flexibility index (Phi) is 6.53. The molecule has 114 valence electrons. The van der Waals surface area contributed by atoms with Crippen LogP contribution in [0.1, 0.15) is 55.3 Å². The smallest absolute Gasteiger partial charge is 0.0478 e. The van der Waals surface area contributed by atoms with E-state index in [2.05, 4.69) is 43.2 Å². The molecule has 3 heteroatoms. The minimum absolute atomic E-state index is 0.618. The Morgan fingerprint density at radius 3 is 2.85 bits per heavy atom. The monoisotopic (exact) mass is 294 g/mol. The topological polar surface area (TPSA) is 15.3 Å². The first kappa shape index (κ1) is 16.0. The van der Waals surface area contributed by atoms with Crippen molar-refractivity contribution in [2.24, 2.45) is 5.92 Å². The van der Waals surface area contributed by atoms with Gasteiger partial charge >= 0.3 is 0 Å². The van der Waals surface area contributed by atoms with E-state index in [4.69, 9.17) is 0 Å². The van der Waals surface area contributed by atoms with Crippen LogP contribution in [-0.4, -0.2) is 31.6 Å². The second-order valence-corrected chi connectivity index (χ2v) is 7.24. The van der Waals surface area contributed by atoms with Crippen LogP contribution < -0.4 is 5.32 Å². The number of thiophene rings is 1. The molecule has 0 spiro atoms. The second kappa shape index (κ2) is 8.16. The molecular weight excluding hydrogens is 264 g/mol. The quantitative estimate of drug-likeness (QED) is 0.795. The highest BCUT2D eigenvalue weighted by molar-refractivity contribution is 7.12. The molecule has 1 fully saturated rings. The Balaban J connectivity index is 2.12. The molecule has 0 amide bonds. The van der Waals surface area contributed by atoms with Crippen molar-refractivity contribution in [1.29, 1.82) is 0 Å². The average Bonchev–Trinajstić information content (AvgIpc) is 2.84. The minimum Gasteiger partial charge on any atom is -0.316 e. The maximum atomic E-state index is 3.65. The van der Waals surface area contributed by atoms with Gasteiger partial charge < -0.3 is 5.32 Å². The molecule has 1 saturated heterocycles. The second-order valence-electron chi connectivity index (χ2n) is 6.04. The number of aryl methyl sites for hydroxylation is 1. The zero-order chi connectivity index (χ0) is 14.4. The van der Waals surface area contributed by atoms with Gasteiger partial charge in [-0.05, 0) is 70.4 Å². The van der Waals surface area contributed by atoms with Crippen LogP contribution in [0.3, 0.4) is 0 Å². The SMILES string of the molecule is CCCNCC1CCCCN(C)C1c1ccc(CC)s1. The van der Waals surface area contributed by atoms with Crippen LogP contribution in [0.4, 0.5) is 0 Å². The van der Waals surface area contributed by atoms with E-state index in [-0.39, 0.29) is 0 Å². The minimum atomic E-state index is 0.618. The maximum Gasteiger partial charge on any atom is 0.0478 e. The van der Waals surface area contributed by atoms with Gasteiger partial charge in [-0.3, -0.25) is 4.90 Å². The van der Waals surface area contributed by atoms with E-state index < -0.39 is 0 Å². The maximum absolute atomic E-state index is 3.65. The highest BCUT2D eigenvalue weighted by atomic mass is 32.1. The molecule has 2 nitrogen and oxygen atoms in total. The molecule has 2 unspecified atom stereocenters. The summed E-state index contributed by atoms with van der Waals surface area (Å²) in [5.74, 6) is 0.761. The summed E-state index contributed by atoms with van der Waals surface area (Å²) in [7, 11) is 2.31. The third-order valence-corrected chi connectivity index (χ3v) is 5.71. The molecule has 1 aromatic heterocycles. The standard InChI is InChI=1S/C17H30N2S/c1-4-11-18-13-14-8-6-7-12-19(3)17(14)16-10-9-15(5-2)20-16/h9-10,14,17-18H,4-8,11-13H2,1-3H3. The lowest BCUT2D eigenvalue weighted by Gasteiger charge is -2.32. The van der Waals surface area contributed by atoms with Crippen molar-refractivity contribution in [3.8, 4) is 0 Å². The van der Waals surface area contributed by atoms with Gasteiger partial charge in [0, 0.05) is 15.8 Å². The van der Waals surface area contributed by atoms with Gasteiger partial charge in [-0.1, -0.05) is 20.3 Å². The van der Waals surface area contributed by atoms with Crippen LogP contribution in [0.25, 0.3) is 0 Å². The summed E-state index contributed by atoms with van der Waals surface area (Å²) in [6.45, 7) is 8.07. The molecule has 1 aliphatic heterocycles. The Hall–Kier alpha value is -0.380. The fraction of sp³-hybridized carbons (Fsp3) is 0.765. The van der Waals surface area contributed by atoms with E-state index in [0.717, 1.165) is 12.5 Å². The molecule has 1 N–H and O–H groups in total. The Morgan fingerprint density at radius 1 is 1.30 bits per heavy atom. The van der Waals surface area contributed by atoms with Crippen LogP contribution in [0.2, 0.25) is 0 Å². The fourth-order valence-corrected chi connectivity index (χ4v) is 4.51. The zero-order valence-corrected chi connectivity index (χ0v) is 14.1. The first-order chi connectivity index (χ1) is 9.76. The molecule has 0 aromatic carbocycles. The number of likely N-dealkylation sites (tertiary alicyclic amines) is 1. The van der Waals surface area contributed by atoms with Gasteiger partial charge in [-0.2, -0.15) is 0 Å². The van der Waals surface area contributed by atoms with Gasteiger partial charge in [-0.25, -0.2) is 0 Å². The van der Waals surface area contributed by atoms with Crippen molar-refractivity contribution in [3.05, 3.63) is 21.9 Å². The van der Waals surface area contributed by atoms with Gasteiger partial charge in [0.1, 0.15) is 0 Å². The van der Waals surface area contributed by atoms with Crippen LogP contribution in [0.15, 0.2) is 12.1 Å². The molecule has 2 rings (SSSR count). The van der Waals surface area contributed by atoms with Crippen LogP contribution in [0, 0.1) is 5.92 Å². The number of hydrogen-bond acceptors (Lipinski definition) is 3. The largest absolute Gasteiger partial charge is 0.316 e. The third-order valence-electron chi connectivity index (χ3n) is 4.41. The van der Waals surface area contributed by atoms with E-state index in [9.17, 15) is 0 Å². The Morgan fingerprint density at radius 2 is 2.15 bits per heavy atom. The first-order valence-corrected chi connectivity index (χ1v) is 9.07. The van der Waals surface area contributed by atoms with E-state index in [1.807, 2.05) is 11.3 Å². The highest BCUT2D eigenvalue weighted by Gasteiger charge is 2.29. The van der Waals surface area contributed by atoms with Crippen molar-refractivity contribution in [1.82, 2.24) is 10.2 Å². The lowest BCUT2D eigenvalue weighted by molar-refractivity contribution is 0.192. The molecule has 0 bridgehead atoms. The van der Waals surface area contributed by atoms with Gasteiger partial charge in [0.15, 0.2) is 0 Å². The van der Waals surface area contributed by atoms with Crippen molar-refractivity contribution in [3.63, 3.8) is 0 Å². The van der Waals surface area contributed by atoms with Gasteiger partial charge in [-0.15, -0.1) is 11.3 Å². The zero-order valence-electron chi connectivity index (χ0n) is 13.3. The molecule has 0 saturated carbocycles. The molecule has 0 aliphatic carbocycles. The van der Waals surface area contributed by atoms with Gasteiger partial charge in [0.2, 0.25) is 0 Å². The predicted octanol–water partition coefficient (Wildman–Crippen LogP) is 4.08. The van der Waals surface area contributed by atoms with Crippen LogP contribution >= 0.6 is 11.3 Å². The number of rotatable bonds is 6. The fourth-order valence-electron chi connectivity index (χ4n) is 3.30. The van der Waals surface area contributed by atoms with E-state index in [1.165, 1.54) is 50.1 Å².